The van der Waals surface area contributed by atoms with Gasteiger partial charge in [-0.1, -0.05) is 5.16 Å². The number of rotatable bonds is 8. The Kier molecular flexibility index (Phi) is 6.97. The van der Waals surface area contributed by atoms with Gasteiger partial charge in [0.15, 0.2) is 0 Å². The first-order valence-electron chi connectivity index (χ1n) is 10.3. The Hall–Kier alpha value is -2.90. The van der Waals surface area contributed by atoms with Gasteiger partial charge >= 0.3 is 0 Å². The van der Waals surface area contributed by atoms with E-state index >= 15 is 0 Å². The van der Waals surface area contributed by atoms with Crippen LogP contribution in [0.4, 0.5) is 0 Å². The molecule has 166 valence electrons. The van der Waals surface area contributed by atoms with Crippen molar-refractivity contribution in [2.75, 3.05) is 13.2 Å². The minimum atomic E-state index is -0.914. The maximum Gasteiger partial charge on any atom is 0.258 e. The van der Waals surface area contributed by atoms with Crippen molar-refractivity contribution >= 4 is 0 Å². The Morgan fingerprint density at radius 3 is 2.00 bits per heavy atom. The van der Waals surface area contributed by atoms with E-state index in [0.29, 0.717) is 17.5 Å². The fourth-order valence-electron chi connectivity index (χ4n) is 3.49. The maximum absolute atomic E-state index is 9.53. The molecule has 0 amide bonds. The van der Waals surface area contributed by atoms with Crippen LogP contribution in [0.25, 0.3) is 22.8 Å². The SMILES string of the molecule is Cc1cc(-c2noc(-c3cc(C)c(OC(C)C)c(C)c3)n2)cc(C)c1OCC(O)CO. The summed E-state index contributed by atoms with van der Waals surface area (Å²) < 4.78 is 17.1. The quantitative estimate of drug-likeness (QED) is 0.558. The van der Waals surface area contributed by atoms with Crippen LogP contribution < -0.4 is 9.47 Å². The van der Waals surface area contributed by atoms with Crippen LogP contribution in [0.15, 0.2) is 28.8 Å². The van der Waals surface area contributed by atoms with Gasteiger partial charge in [0.05, 0.1) is 12.7 Å². The summed E-state index contributed by atoms with van der Waals surface area (Å²) in [5, 5.41) is 22.7. The van der Waals surface area contributed by atoms with Gasteiger partial charge in [0, 0.05) is 11.1 Å². The number of ether oxygens (including phenoxy) is 2. The van der Waals surface area contributed by atoms with Crippen molar-refractivity contribution in [1.29, 1.82) is 0 Å². The van der Waals surface area contributed by atoms with Crippen LogP contribution >= 0.6 is 0 Å². The van der Waals surface area contributed by atoms with E-state index in [1.165, 1.54) is 0 Å². The molecular formula is C24H30N2O5. The topological polar surface area (TPSA) is 97.8 Å². The summed E-state index contributed by atoms with van der Waals surface area (Å²) in [5.41, 5.74) is 5.45. The highest BCUT2D eigenvalue weighted by Gasteiger charge is 2.17. The standard InChI is InChI=1S/C24H30N2O5/c1-13(2)30-22-16(5)9-19(10-17(22)6)24-25-23(26-31-24)18-7-14(3)21(15(4)8-18)29-12-20(28)11-27/h7-10,13,20,27-28H,11-12H2,1-6H3. The maximum atomic E-state index is 9.53. The van der Waals surface area contributed by atoms with Crippen molar-refractivity contribution in [2.24, 2.45) is 0 Å². The summed E-state index contributed by atoms with van der Waals surface area (Å²) in [6.07, 6.45) is -0.814. The molecule has 7 nitrogen and oxygen atoms in total. The number of aryl methyl sites for hydroxylation is 4. The number of hydrogen-bond donors (Lipinski definition) is 2. The summed E-state index contributed by atoms with van der Waals surface area (Å²) in [7, 11) is 0. The van der Waals surface area contributed by atoms with Crippen molar-refractivity contribution in [3.05, 3.63) is 46.5 Å². The second-order valence-electron chi connectivity index (χ2n) is 8.12. The Balaban J connectivity index is 1.87. The third kappa shape index (κ3) is 5.24. The molecule has 1 atom stereocenters. The van der Waals surface area contributed by atoms with Crippen LogP contribution in [0.2, 0.25) is 0 Å². The summed E-state index contributed by atoms with van der Waals surface area (Å²) in [6, 6.07) is 7.81. The Bertz CT molecular complexity index is 1010. The minimum absolute atomic E-state index is 0.0269. The molecule has 0 saturated heterocycles. The molecule has 1 unspecified atom stereocenters. The summed E-state index contributed by atoms with van der Waals surface area (Å²) in [6.45, 7) is 11.5. The van der Waals surface area contributed by atoms with Gasteiger partial charge in [-0.25, -0.2) is 0 Å². The smallest absolute Gasteiger partial charge is 0.258 e. The molecule has 0 aliphatic heterocycles. The van der Waals surface area contributed by atoms with Gasteiger partial charge in [-0.05, 0) is 88.1 Å². The first kappa shape index (κ1) is 22.8. The van der Waals surface area contributed by atoms with Crippen molar-refractivity contribution in [3.8, 4) is 34.3 Å². The molecule has 7 heteroatoms. The van der Waals surface area contributed by atoms with E-state index in [2.05, 4.69) is 10.1 Å². The van der Waals surface area contributed by atoms with Gasteiger partial charge in [0.1, 0.15) is 24.2 Å². The highest BCUT2D eigenvalue weighted by Crippen LogP contribution is 2.33. The largest absolute Gasteiger partial charge is 0.490 e. The number of benzene rings is 2. The van der Waals surface area contributed by atoms with Gasteiger partial charge < -0.3 is 24.2 Å². The zero-order valence-corrected chi connectivity index (χ0v) is 18.9. The molecule has 0 fully saturated rings. The Labute approximate surface area is 182 Å². The van der Waals surface area contributed by atoms with E-state index < -0.39 is 6.10 Å². The van der Waals surface area contributed by atoms with Gasteiger partial charge in [-0.15, -0.1) is 0 Å². The number of aromatic nitrogens is 2. The molecule has 0 radical (unpaired) electrons. The zero-order valence-electron chi connectivity index (χ0n) is 18.9. The number of hydrogen-bond acceptors (Lipinski definition) is 7. The van der Waals surface area contributed by atoms with Crippen molar-refractivity contribution in [2.45, 2.75) is 53.8 Å². The van der Waals surface area contributed by atoms with Crippen LogP contribution in [0.1, 0.15) is 36.1 Å². The lowest BCUT2D eigenvalue weighted by molar-refractivity contribution is 0.0532. The predicted octanol–water partition coefficient (Wildman–Crippen LogP) is 4.16. The molecule has 3 rings (SSSR count). The van der Waals surface area contributed by atoms with E-state index in [0.717, 1.165) is 39.1 Å². The van der Waals surface area contributed by atoms with Gasteiger partial charge in [-0.3, -0.25) is 0 Å². The van der Waals surface area contributed by atoms with E-state index in [1.807, 2.05) is 65.8 Å². The molecule has 0 aliphatic rings. The third-order valence-corrected chi connectivity index (χ3v) is 4.84. The van der Waals surface area contributed by atoms with Gasteiger partial charge in [0.25, 0.3) is 5.89 Å². The fourth-order valence-corrected chi connectivity index (χ4v) is 3.49. The van der Waals surface area contributed by atoms with Crippen LogP contribution in [0.5, 0.6) is 11.5 Å². The molecule has 31 heavy (non-hydrogen) atoms. The van der Waals surface area contributed by atoms with Crippen LogP contribution in [-0.4, -0.2) is 45.8 Å². The number of aliphatic hydroxyl groups excluding tert-OH is 2. The second kappa shape index (κ2) is 9.49. The zero-order chi connectivity index (χ0) is 22.7. The van der Waals surface area contributed by atoms with E-state index in [1.54, 1.807) is 0 Å². The lowest BCUT2D eigenvalue weighted by Gasteiger charge is -2.15. The number of nitrogens with zero attached hydrogens (tertiary/aromatic N) is 2. The molecule has 2 aromatic carbocycles. The minimum Gasteiger partial charge on any atom is -0.490 e. The van der Waals surface area contributed by atoms with Crippen molar-refractivity contribution < 1.29 is 24.2 Å². The van der Waals surface area contributed by atoms with Gasteiger partial charge in [0.2, 0.25) is 5.82 Å². The number of aliphatic hydroxyl groups is 2. The average Bonchev–Trinajstić information content (AvgIpc) is 3.19. The fraction of sp³-hybridized carbons (Fsp3) is 0.417. The first-order valence-corrected chi connectivity index (χ1v) is 10.3. The van der Waals surface area contributed by atoms with Crippen LogP contribution in [0, 0.1) is 27.7 Å². The molecule has 3 aromatic rings. The predicted molar refractivity (Wildman–Crippen MR) is 118 cm³/mol. The summed E-state index contributed by atoms with van der Waals surface area (Å²) in [5.74, 6) is 2.48. The normalized spacial score (nSPS) is 12.3. The van der Waals surface area contributed by atoms with E-state index in [-0.39, 0.29) is 19.3 Å². The van der Waals surface area contributed by atoms with Crippen molar-refractivity contribution in [3.63, 3.8) is 0 Å². The monoisotopic (exact) mass is 426 g/mol. The molecule has 1 heterocycles. The van der Waals surface area contributed by atoms with Crippen LogP contribution in [0.3, 0.4) is 0 Å². The average molecular weight is 427 g/mol. The van der Waals surface area contributed by atoms with E-state index in [4.69, 9.17) is 19.1 Å². The molecule has 0 saturated carbocycles. The Morgan fingerprint density at radius 1 is 0.903 bits per heavy atom. The molecular weight excluding hydrogens is 396 g/mol. The Morgan fingerprint density at radius 2 is 1.45 bits per heavy atom. The lowest BCUT2D eigenvalue weighted by Crippen LogP contribution is -2.21. The molecule has 1 aromatic heterocycles. The molecule has 0 aliphatic carbocycles. The highest BCUT2D eigenvalue weighted by atomic mass is 16.5. The van der Waals surface area contributed by atoms with Crippen LogP contribution in [-0.2, 0) is 0 Å². The molecule has 2 N–H and O–H groups in total. The lowest BCUT2D eigenvalue weighted by atomic mass is 10.0. The van der Waals surface area contributed by atoms with Gasteiger partial charge in [-0.2, -0.15) is 4.98 Å². The second-order valence-corrected chi connectivity index (χ2v) is 8.12. The third-order valence-electron chi connectivity index (χ3n) is 4.84. The summed E-state index contributed by atoms with van der Waals surface area (Å²) >= 11 is 0. The highest BCUT2D eigenvalue weighted by molar-refractivity contribution is 5.65. The molecule has 0 bridgehead atoms. The molecule has 0 spiro atoms. The first-order chi connectivity index (χ1) is 14.7. The van der Waals surface area contributed by atoms with E-state index in [9.17, 15) is 5.11 Å². The summed E-state index contributed by atoms with van der Waals surface area (Å²) in [4.78, 5) is 4.59. The van der Waals surface area contributed by atoms with Crippen molar-refractivity contribution in [1.82, 2.24) is 10.1 Å².